The van der Waals surface area contributed by atoms with Gasteiger partial charge in [-0.1, -0.05) is 6.07 Å². The van der Waals surface area contributed by atoms with E-state index in [1.807, 2.05) is 0 Å². The molecule has 0 aliphatic rings. The quantitative estimate of drug-likeness (QED) is 0.827. The van der Waals surface area contributed by atoms with Gasteiger partial charge < -0.3 is 5.11 Å². The van der Waals surface area contributed by atoms with Gasteiger partial charge in [0.25, 0.3) is 0 Å². The van der Waals surface area contributed by atoms with Gasteiger partial charge in [-0.15, -0.1) is 0 Å². The van der Waals surface area contributed by atoms with Gasteiger partial charge in [0.05, 0.1) is 6.54 Å². The fraction of sp³-hybridized carbons (Fsp3) is 0.300. The molecule has 1 rings (SSSR count). The number of rotatable bonds is 4. The van der Waals surface area contributed by atoms with E-state index >= 15 is 0 Å². The molecule has 1 N–H and O–H groups in total. The van der Waals surface area contributed by atoms with E-state index in [-0.39, 0.29) is 13.1 Å². The van der Waals surface area contributed by atoms with Crippen LogP contribution in [-0.4, -0.2) is 29.6 Å². The molecule has 0 aromatic heterocycles. The highest BCUT2D eigenvalue weighted by Crippen LogP contribution is 2.10. The number of nitrogens with zero attached hydrogens (tertiary/aromatic N) is 1. The summed E-state index contributed by atoms with van der Waals surface area (Å²) >= 11 is 0. The highest BCUT2D eigenvalue weighted by Gasteiger charge is 2.07. The van der Waals surface area contributed by atoms with Gasteiger partial charge >= 0.3 is 5.97 Å². The Balaban J connectivity index is 2.64. The smallest absolute Gasteiger partial charge is 0.317 e. The van der Waals surface area contributed by atoms with E-state index < -0.39 is 17.6 Å². The van der Waals surface area contributed by atoms with E-state index in [2.05, 4.69) is 0 Å². The first-order chi connectivity index (χ1) is 6.99. The molecule has 5 heteroatoms. The molecule has 0 atom stereocenters. The van der Waals surface area contributed by atoms with Crippen LogP contribution in [0.3, 0.4) is 0 Å². The molecule has 3 nitrogen and oxygen atoms in total. The summed E-state index contributed by atoms with van der Waals surface area (Å²) in [6.45, 7) is 0.127. The third-order valence-electron chi connectivity index (χ3n) is 1.84. The molecule has 82 valence electrons. The van der Waals surface area contributed by atoms with Crippen molar-refractivity contribution < 1.29 is 18.7 Å². The van der Waals surface area contributed by atoms with Gasteiger partial charge in [-0.05, 0) is 24.7 Å². The molecule has 0 unspecified atom stereocenters. The summed E-state index contributed by atoms with van der Waals surface area (Å²) in [6.07, 6.45) is 0. The first-order valence-corrected chi connectivity index (χ1v) is 4.33. The van der Waals surface area contributed by atoms with E-state index in [4.69, 9.17) is 5.11 Å². The Kier molecular flexibility index (Phi) is 3.74. The summed E-state index contributed by atoms with van der Waals surface area (Å²) in [5, 5.41) is 8.48. The van der Waals surface area contributed by atoms with Crippen molar-refractivity contribution in [3.8, 4) is 0 Å². The predicted molar refractivity (Wildman–Crippen MR) is 50.3 cm³/mol. The summed E-state index contributed by atoms with van der Waals surface area (Å²) in [5.74, 6) is -2.78. The van der Waals surface area contributed by atoms with Crippen molar-refractivity contribution >= 4 is 5.97 Å². The van der Waals surface area contributed by atoms with Crippen molar-refractivity contribution in [1.82, 2.24) is 4.90 Å². The molecule has 0 saturated carbocycles. The molecule has 0 bridgehead atoms. The van der Waals surface area contributed by atoms with Gasteiger partial charge in [0, 0.05) is 6.54 Å². The van der Waals surface area contributed by atoms with E-state index in [1.165, 1.54) is 11.0 Å². The number of halogens is 2. The van der Waals surface area contributed by atoms with E-state index in [0.29, 0.717) is 5.56 Å². The fourth-order valence-electron chi connectivity index (χ4n) is 1.24. The first kappa shape index (κ1) is 11.6. The molecule has 0 spiro atoms. The molecule has 1 aromatic carbocycles. The maximum Gasteiger partial charge on any atom is 0.317 e. The van der Waals surface area contributed by atoms with Gasteiger partial charge in [0.15, 0.2) is 11.6 Å². The van der Waals surface area contributed by atoms with E-state index in [1.54, 1.807) is 7.05 Å². The minimum Gasteiger partial charge on any atom is -0.480 e. The van der Waals surface area contributed by atoms with Crippen LogP contribution in [0.1, 0.15) is 5.56 Å². The Bertz CT molecular complexity index is 368. The highest BCUT2D eigenvalue weighted by atomic mass is 19.2. The number of aliphatic carboxylic acids is 1. The lowest BCUT2D eigenvalue weighted by Crippen LogP contribution is -2.25. The lowest BCUT2D eigenvalue weighted by atomic mass is 10.2. The zero-order valence-electron chi connectivity index (χ0n) is 8.20. The van der Waals surface area contributed by atoms with Crippen molar-refractivity contribution in [2.75, 3.05) is 13.6 Å². The zero-order valence-corrected chi connectivity index (χ0v) is 8.20. The Morgan fingerprint density at radius 2 is 2.07 bits per heavy atom. The number of benzene rings is 1. The Hall–Kier alpha value is -1.49. The molecule has 0 fully saturated rings. The number of carboxylic acid groups (broad SMARTS) is 1. The van der Waals surface area contributed by atoms with Crippen LogP contribution in [0.4, 0.5) is 8.78 Å². The second kappa shape index (κ2) is 4.84. The average Bonchev–Trinajstić information content (AvgIpc) is 2.10. The zero-order chi connectivity index (χ0) is 11.4. The fourth-order valence-corrected chi connectivity index (χ4v) is 1.24. The normalized spacial score (nSPS) is 10.7. The van der Waals surface area contributed by atoms with Crippen molar-refractivity contribution in [2.24, 2.45) is 0 Å². The minimum atomic E-state index is -0.958. The summed E-state index contributed by atoms with van der Waals surface area (Å²) < 4.78 is 25.3. The van der Waals surface area contributed by atoms with Gasteiger partial charge in [-0.3, -0.25) is 9.69 Å². The third-order valence-corrected chi connectivity index (χ3v) is 1.84. The van der Waals surface area contributed by atoms with Crippen molar-refractivity contribution in [3.05, 3.63) is 35.4 Å². The number of carbonyl (C=O) groups is 1. The number of carboxylic acids is 1. The van der Waals surface area contributed by atoms with Crippen LogP contribution in [0, 0.1) is 11.6 Å². The molecule has 0 aliphatic heterocycles. The largest absolute Gasteiger partial charge is 0.480 e. The topological polar surface area (TPSA) is 40.5 Å². The van der Waals surface area contributed by atoms with Gasteiger partial charge in [-0.25, -0.2) is 8.78 Å². The van der Waals surface area contributed by atoms with Crippen LogP contribution >= 0.6 is 0 Å². The van der Waals surface area contributed by atoms with Gasteiger partial charge in [0.1, 0.15) is 0 Å². The molecular weight excluding hydrogens is 204 g/mol. The van der Waals surface area contributed by atoms with Gasteiger partial charge in [0.2, 0.25) is 0 Å². The summed E-state index contributed by atoms with van der Waals surface area (Å²) in [5.41, 5.74) is 0.539. The van der Waals surface area contributed by atoms with Crippen LogP contribution in [-0.2, 0) is 11.3 Å². The molecule has 0 aliphatic carbocycles. The summed E-state index contributed by atoms with van der Waals surface area (Å²) in [7, 11) is 1.59. The van der Waals surface area contributed by atoms with E-state index in [9.17, 15) is 13.6 Å². The average molecular weight is 215 g/mol. The maximum atomic E-state index is 12.8. The summed E-state index contributed by atoms with van der Waals surface area (Å²) in [6, 6.07) is 3.52. The Morgan fingerprint density at radius 1 is 1.40 bits per heavy atom. The maximum absolute atomic E-state index is 12.8. The Labute approximate surface area is 85.9 Å². The standard InChI is InChI=1S/C10H11F2NO2/c1-13(6-10(14)15)5-7-2-3-8(11)9(12)4-7/h2-4H,5-6H2,1H3,(H,14,15). The second-order valence-corrected chi connectivity index (χ2v) is 3.31. The van der Waals surface area contributed by atoms with Gasteiger partial charge in [-0.2, -0.15) is 0 Å². The molecule has 0 amide bonds. The number of hydrogen-bond donors (Lipinski definition) is 1. The van der Waals surface area contributed by atoms with Crippen molar-refractivity contribution in [1.29, 1.82) is 0 Å². The molecule has 0 saturated heterocycles. The predicted octanol–water partition coefficient (Wildman–Crippen LogP) is 1.48. The van der Waals surface area contributed by atoms with Crippen LogP contribution in [0.2, 0.25) is 0 Å². The summed E-state index contributed by atoms with van der Waals surface area (Å²) in [4.78, 5) is 11.8. The van der Waals surface area contributed by atoms with Crippen LogP contribution in [0.5, 0.6) is 0 Å². The van der Waals surface area contributed by atoms with Crippen molar-refractivity contribution in [3.63, 3.8) is 0 Å². The molecular formula is C10H11F2NO2. The SMILES string of the molecule is CN(CC(=O)O)Cc1ccc(F)c(F)c1. The number of likely N-dealkylation sites (N-methyl/N-ethyl adjacent to an activating group) is 1. The third kappa shape index (κ3) is 3.63. The monoisotopic (exact) mass is 215 g/mol. The number of hydrogen-bond acceptors (Lipinski definition) is 2. The molecule has 15 heavy (non-hydrogen) atoms. The lowest BCUT2D eigenvalue weighted by molar-refractivity contribution is -0.138. The first-order valence-electron chi connectivity index (χ1n) is 4.33. The molecule has 0 heterocycles. The molecule has 1 aromatic rings. The minimum absolute atomic E-state index is 0.140. The van der Waals surface area contributed by atoms with E-state index in [0.717, 1.165) is 12.1 Å². The Morgan fingerprint density at radius 3 is 2.60 bits per heavy atom. The molecule has 0 radical (unpaired) electrons. The van der Waals surface area contributed by atoms with Crippen molar-refractivity contribution in [2.45, 2.75) is 6.54 Å². The van der Waals surface area contributed by atoms with Crippen LogP contribution in [0.25, 0.3) is 0 Å². The van der Waals surface area contributed by atoms with Crippen LogP contribution in [0.15, 0.2) is 18.2 Å². The highest BCUT2D eigenvalue weighted by molar-refractivity contribution is 5.69. The lowest BCUT2D eigenvalue weighted by Gasteiger charge is -2.13. The van der Waals surface area contributed by atoms with Crippen LogP contribution < -0.4 is 0 Å². The second-order valence-electron chi connectivity index (χ2n) is 3.31.